The third-order valence-corrected chi connectivity index (χ3v) is 5.53. The van der Waals surface area contributed by atoms with Crippen molar-refractivity contribution in [2.24, 2.45) is 0 Å². The number of amides is 3. The second-order valence-electron chi connectivity index (χ2n) is 8.91. The van der Waals surface area contributed by atoms with Crippen LogP contribution in [0.3, 0.4) is 0 Å². The molecule has 12 heteroatoms. The van der Waals surface area contributed by atoms with E-state index in [-0.39, 0.29) is 26.4 Å². The van der Waals surface area contributed by atoms with Crippen molar-refractivity contribution in [3.63, 3.8) is 0 Å². The molecule has 0 radical (unpaired) electrons. The molecule has 2 aromatic rings. The molecular weight excluding hydrogens is 534 g/mol. The van der Waals surface area contributed by atoms with Gasteiger partial charge in [0.25, 0.3) is 0 Å². The lowest BCUT2D eigenvalue weighted by Gasteiger charge is -2.22. The topological polar surface area (TPSA) is 158 Å². The fourth-order valence-corrected chi connectivity index (χ4v) is 3.48. The molecule has 3 N–H and O–H groups in total. The maximum Gasteiger partial charge on any atom is 0.308 e. The van der Waals surface area contributed by atoms with Gasteiger partial charge in [0.1, 0.15) is 25.3 Å². The van der Waals surface area contributed by atoms with Crippen molar-refractivity contribution < 1.29 is 42.9 Å². The van der Waals surface area contributed by atoms with Crippen molar-refractivity contribution >= 4 is 29.7 Å². The Kier molecular flexibility index (Phi) is 15.2. The maximum absolute atomic E-state index is 13.1. The molecule has 3 amide bonds. The summed E-state index contributed by atoms with van der Waals surface area (Å²) in [6, 6.07) is 15.2. The first-order chi connectivity index (χ1) is 19.8. The first-order valence-electron chi connectivity index (χ1n) is 13.1. The molecule has 12 nitrogen and oxygen atoms in total. The smallest absolute Gasteiger partial charge is 0.308 e. The van der Waals surface area contributed by atoms with Gasteiger partial charge in [-0.1, -0.05) is 60.7 Å². The van der Waals surface area contributed by atoms with E-state index in [0.29, 0.717) is 13.2 Å². The lowest BCUT2D eigenvalue weighted by molar-refractivity contribution is -0.149. The average molecular weight is 572 g/mol. The molecule has 0 fully saturated rings. The second-order valence-corrected chi connectivity index (χ2v) is 8.91. The summed E-state index contributed by atoms with van der Waals surface area (Å²) < 4.78 is 20.7. The molecule has 0 aliphatic carbocycles. The summed E-state index contributed by atoms with van der Waals surface area (Å²) in [4.78, 5) is 62.8. The van der Waals surface area contributed by atoms with Crippen LogP contribution < -0.4 is 16.0 Å². The molecule has 222 valence electrons. The van der Waals surface area contributed by atoms with Gasteiger partial charge in [-0.15, -0.1) is 0 Å². The number of carbonyl (C=O) groups is 5. The number of nitrogens with one attached hydrogen (secondary N) is 3. The minimum absolute atomic E-state index is 0.0151. The van der Waals surface area contributed by atoms with Crippen molar-refractivity contribution in [2.45, 2.75) is 45.1 Å². The van der Waals surface area contributed by atoms with Gasteiger partial charge >= 0.3 is 11.9 Å². The van der Waals surface area contributed by atoms with Gasteiger partial charge in [-0.05, 0) is 11.1 Å². The molecule has 0 saturated carbocycles. The Hall–Kier alpha value is -4.29. The van der Waals surface area contributed by atoms with E-state index in [0.717, 1.165) is 11.1 Å². The van der Waals surface area contributed by atoms with Crippen molar-refractivity contribution in [3.8, 4) is 0 Å². The van der Waals surface area contributed by atoms with E-state index in [1.807, 2.05) is 12.1 Å². The summed E-state index contributed by atoms with van der Waals surface area (Å²) in [5.41, 5.74) is 1.50. The molecule has 2 atom stereocenters. The number of hydrogen-bond donors (Lipinski definition) is 3. The van der Waals surface area contributed by atoms with Crippen LogP contribution in [0.1, 0.15) is 30.9 Å². The Morgan fingerprint density at radius 1 is 0.683 bits per heavy atom. The van der Waals surface area contributed by atoms with E-state index in [9.17, 15) is 24.0 Å². The van der Waals surface area contributed by atoms with Gasteiger partial charge in [-0.3, -0.25) is 24.0 Å². The van der Waals surface area contributed by atoms with E-state index >= 15 is 0 Å². The molecule has 0 heterocycles. The third kappa shape index (κ3) is 14.1. The van der Waals surface area contributed by atoms with Crippen molar-refractivity contribution in [3.05, 3.63) is 71.8 Å². The van der Waals surface area contributed by atoms with Gasteiger partial charge in [0.15, 0.2) is 0 Å². The quantitative estimate of drug-likeness (QED) is 0.175. The number of rotatable bonds is 18. The van der Waals surface area contributed by atoms with E-state index in [2.05, 4.69) is 16.0 Å². The highest BCUT2D eigenvalue weighted by Crippen LogP contribution is 2.06. The zero-order chi connectivity index (χ0) is 29.9. The van der Waals surface area contributed by atoms with Crippen molar-refractivity contribution in [1.29, 1.82) is 0 Å². The van der Waals surface area contributed by atoms with Gasteiger partial charge in [0.05, 0.1) is 32.7 Å². The Bertz CT molecular complexity index is 1110. The molecule has 2 aromatic carbocycles. The van der Waals surface area contributed by atoms with Crippen LogP contribution in [0, 0.1) is 0 Å². The summed E-state index contributed by atoms with van der Waals surface area (Å²) in [5, 5.41) is 7.45. The molecule has 0 unspecified atom stereocenters. The lowest BCUT2D eigenvalue weighted by atomic mass is 10.1. The number of benzene rings is 2. The van der Waals surface area contributed by atoms with Crippen molar-refractivity contribution in [2.75, 3.05) is 33.5 Å². The van der Waals surface area contributed by atoms with Crippen LogP contribution in [0.25, 0.3) is 0 Å². The second kappa shape index (κ2) is 18.9. The van der Waals surface area contributed by atoms with Crippen LogP contribution in [0.15, 0.2) is 60.7 Å². The summed E-state index contributed by atoms with van der Waals surface area (Å²) in [6.45, 7) is 2.15. The summed E-state index contributed by atoms with van der Waals surface area (Å²) in [5.74, 6) is -3.55. The van der Waals surface area contributed by atoms with Crippen molar-refractivity contribution in [1.82, 2.24) is 16.0 Å². The van der Waals surface area contributed by atoms with Crippen LogP contribution >= 0.6 is 0 Å². The van der Waals surface area contributed by atoms with Gasteiger partial charge in [0.2, 0.25) is 17.7 Å². The molecule has 2 rings (SSSR count). The molecule has 0 aromatic heterocycles. The summed E-state index contributed by atoms with van der Waals surface area (Å²) in [7, 11) is 1.53. The summed E-state index contributed by atoms with van der Waals surface area (Å²) in [6.07, 6.45) is -0.974. The van der Waals surface area contributed by atoms with Crippen LogP contribution in [-0.4, -0.2) is 75.2 Å². The number of esters is 2. The minimum Gasteiger partial charge on any atom is -0.461 e. The average Bonchev–Trinajstić information content (AvgIpc) is 2.96. The number of hydrogen-bond acceptors (Lipinski definition) is 9. The fraction of sp³-hybridized carbons (Fsp3) is 0.414. The Morgan fingerprint density at radius 2 is 1.20 bits per heavy atom. The van der Waals surface area contributed by atoms with Crippen LogP contribution in [0.4, 0.5) is 0 Å². The maximum atomic E-state index is 13.1. The molecule has 41 heavy (non-hydrogen) atoms. The zero-order valence-electron chi connectivity index (χ0n) is 23.3. The number of ether oxygens (including phenoxy) is 4. The van der Waals surface area contributed by atoms with E-state index in [1.165, 1.54) is 14.0 Å². The first kappa shape index (κ1) is 32.9. The highest BCUT2D eigenvalue weighted by Gasteiger charge is 2.30. The Morgan fingerprint density at radius 3 is 1.68 bits per heavy atom. The number of methoxy groups -OCH3 is 1. The highest BCUT2D eigenvalue weighted by atomic mass is 16.5. The van der Waals surface area contributed by atoms with E-state index < -0.39 is 54.6 Å². The largest absolute Gasteiger partial charge is 0.461 e. The first-order valence-corrected chi connectivity index (χ1v) is 13.1. The predicted molar refractivity (Wildman–Crippen MR) is 147 cm³/mol. The normalized spacial score (nSPS) is 12.0. The third-order valence-electron chi connectivity index (χ3n) is 5.53. The molecular formula is C29H37N3O9. The standard InChI is InChI=1S/C29H37N3O9/c1-21(33)31-25(18-27(35)41-20-23-11-7-4-8-12-23)29(37)32-24(28(36)30-13-14-39-16-15-38-2)17-26(34)40-19-22-9-5-3-6-10-22/h3-12,24-25H,13-20H2,1-2H3,(H,30,36)(H,31,33)(H,32,37)/t24-,25+/m1/s1. The van der Waals surface area contributed by atoms with Gasteiger partial charge in [-0.25, -0.2) is 0 Å². The molecule has 0 aliphatic rings. The van der Waals surface area contributed by atoms with Gasteiger partial charge in [-0.2, -0.15) is 0 Å². The zero-order valence-corrected chi connectivity index (χ0v) is 23.3. The minimum atomic E-state index is -1.35. The molecule has 0 aliphatic heterocycles. The van der Waals surface area contributed by atoms with Crippen LogP contribution in [0.2, 0.25) is 0 Å². The Labute approximate surface area is 239 Å². The predicted octanol–water partition coefficient (Wildman–Crippen LogP) is 1.02. The SMILES string of the molecule is COCCOCCNC(=O)[C@@H](CC(=O)OCc1ccccc1)NC(=O)[C@H](CC(=O)OCc1ccccc1)NC(C)=O. The molecule has 0 spiro atoms. The lowest BCUT2D eigenvalue weighted by Crippen LogP contribution is -2.55. The van der Waals surface area contributed by atoms with Gasteiger partial charge < -0.3 is 34.9 Å². The van der Waals surface area contributed by atoms with Gasteiger partial charge in [0, 0.05) is 20.6 Å². The highest BCUT2D eigenvalue weighted by molar-refractivity contribution is 5.95. The fourth-order valence-electron chi connectivity index (χ4n) is 3.48. The summed E-state index contributed by atoms with van der Waals surface area (Å²) >= 11 is 0. The van der Waals surface area contributed by atoms with E-state index in [4.69, 9.17) is 18.9 Å². The molecule has 0 bridgehead atoms. The van der Waals surface area contributed by atoms with Crippen LogP contribution in [-0.2, 0) is 56.1 Å². The Balaban J connectivity index is 2.02. The molecule has 0 saturated heterocycles. The monoisotopic (exact) mass is 571 g/mol. The van der Waals surface area contributed by atoms with Crippen LogP contribution in [0.5, 0.6) is 0 Å². The van der Waals surface area contributed by atoms with E-state index in [1.54, 1.807) is 48.5 Å². The number of carbonyl (C=O) groups excluding carboxylic acids is 5.